The van der Waals surface area contributed by atoms with Gasteiger partial charge in [0.25, 0.3) is 5.69 Å². The summed E-state index contributed by atoms with van der Waals surface area (Å²) in [6.07, 6.45) is 1.15. The third-order valence-corrected chi connectivity index (χ3v) is 4.64. The van der Waals surface area contributed by atoms with Crippen LogP contribution in [0.1, 0.15) is 23.2 Å². The third-order valence-electron chi connectivity index (χ3n) is 3.26. The highest BCUT2D eigenvalue weighted by Gasteiger charge is 2.25. The van der Waals surface area contributed by atoms with Crippen molar-refractivity contribution in [3.63, 3.8) is 0 Å². The number of nitro benzene ring substituents is 1. The summed E-state index contributed by atoms with van der Waals surface area (Å²) in [7, 11) is -0.863. The number of hydrogen-bond donors (Lipinski definition) is 2. The fraction of sp³-hybridized carbons (Fsp3) is 0.417. The first kappa shape index (κ1) is 15.4. The van der Waals surface area contributed by atoms with Gasteiger partial charge in [0.05, 0.1) is 16.7 Å². The average molecular weight is 316 g/mol. The van der Waals surface area contributed by atoms with E-state index >= 15 is 0 Å². The van der Waals surface area contributed by atoms with Crippen LogP contribution >= 0.6 is 0 Å². The van der Waals surface area contributed by atoms with E-state index in [1.165, 1.54) is 0 Å². The molecule has 1 aromatic rings. The summed E-state index contributed by atoms with van der Waals surface area (Å²) in [5, 5.41) is 22.5. The number of carboxylic acid groups (broad SMARTS) is 1. The molecule has 1 saturated heterocycles. The summed E-state index contributed by atoms with van der Waals surface area (Å²) in [5.41, 5.74) is -1.44. The zero-order valence-corrected chi connectivity index (χ0v) is 11.7. The summed E-state index contributed by atoms with van der Waals surface area (Å²) < 4.78 is 25.1. The van der Waals surface area contributed by atoms with E-state index in [1.54, 1.807) is 0 Å². The summed E-state index contributed by atoms with van der Waals surface area (Å²) >= 11 is 0. The van der Waals surface area contributed by atoms with Gasteiger partial charge in [0, 0.05) is 28.3 Å². The number of benzene rings is 1. The van der Waals surface area contributed by atoms with Crippen LogP contribution in [-0.4, -0.2) is 37.8 Å². The van der Waals surface area contributed by atoms with Gasteiger partial charge in [0.2, 0.25) is 0 Å². The van der Waals surface area contributed by atoms with E-state index in [9.17, 15) is 23.5 Å². The van der Waals surface area contributed by atoms with Crippen LogP contribution in [0.25, 0.3) is 0 Å². The average Bonchev–Trinajstić information content (AvgIpc) is 2.42. The molecule has 21 heavy (non-hydrogen) atoms. The van der Waals surface area contributed by atoms with E-state index in [-0.39, 0.29) is 11.7 Å². The SMILES string of the molecule is O=C(O)c1cc(NC2CCS(=O)CC2)c(F)cc1[N+](=O)[O-]. The molecule has 1 aromatic carbocycles. The van der Waals surface area contributed by atoms with E-state index in [0.29, 0.717) is 30.4 Å². The normalized spacial score (nSPS) is 21.8. The second-order valence-corrected chi connectivity index (χ2v) is 6.37. The van der Waals surface area contributed by atoms with Crippen LogP contribution in [0.15, 0.2) is 12.1 Å². The first-order chi connectivity index (χ1) is 9.88. The van der Waals surface area contributed by atoms with E-state index in [4.69, 9.17) is 5.11 Å². The Bertz CT molecular complexity index is 612. The van der Waals surface area contributed by atoms with Gasteiger partial charge in [0.15, 0.2) is 5.82 Å². The zero-order chi connectivity index (χ0) is 15.6. The number of anilines is 1. The highest BCUT2D eigenvalue weighted by atomic mass is 32.2. The minimum atomic E-state index is -1.49. The molecule has 7 nitrogen and oxygen atoms in total. The van der Waals surface area contributed by atoms with Crippen molar-refractivity contribution in [1.29, 1.82) is 0 Å². The van der Waals surface area contributed by atoms with Gasteiger partial charge in [0.1, 0.15) is 5.56 Å². The van der Waals surface area contributed by atoms with E-state index in [1.807, 2.05) is 0 Å². The molecule has 0 bridgehead atoms. The van der Waals surface area contributed by atoms with Crippen LogP contribution in [-0.2, 0) is 10.8 Å². The number of carbonyl (C=O) groups is 1. The Hall–Kier alpha value is -2.03. The summed E-state index contributed by atoms with van der Waals surface area (Å²) in [6, 6.07) is 1.41. The molecule has 9 heteroatoms. The van der Waals surface area contributed by atoms with Crippen molar-refractivity contribution in [2.24, 2.45) is 0 Å². The van der Waals surface area contributed by atoms with Crippen molar-refractivity contribution in [1.82, 2.24) is 0 Å². The first-order valence-electron chi connectivity index (χ1n) is 6.21. The molecule has 0 amide bonds. The topological polar surface area (TPSA) is 110 Å². The smallest absolute Gasteiger partial charge is 0.342 e. The van der Waals surface area contributed by atoms with Gasteiger partial charge in [-0.25, -0.2) is 9.18 Å². The molecule has 0 saturated carbocycles. The number of nitrogens with one attached hydrogen (secondary N) is 1. The maximum absolute atomic E-state index is 13.9. The molecule has 0 aromatic heterocycles. The molecule has 0 spiro atoms. The van der Waals surface area contributed by atoms with Crippen LogP contribution in [0.4, 0.5) is 15.8 Å². The van der Waals surface area contributed by atoms with Gasteiger partial charge in [-0.05, 0) is 18.9 Å². The minimum absolute atomic E-state index is 0.0873. The van der Waals surface area contributed by atoms with E-state index in [2.05, 4.69) is 5.32 Å². The van der Waals surface area contributed by atoms with Gasteiger partial charge >= 0.3 is 5.97 Å². The monoisotopic (exact) mass is 316 g/mol. The maximum Gasteiger partial charge on any atom is 0.342 e. The molecule has 0 atom stereocenters. The van der Waals surface area contributed by atoms with Crippen molar-refractivity contribution in [2.45, 2.75) is 18.9 Å². The highest BCUT2D eigenvalue weighted by molar-refractivity contribution is 7.85. The van der Waals surface area contributed by atoms with Crippen molar-refractivity contribution >= 4 is 28.1 Å². The van der Waals surface area contributed by atoms with Crippen LogP contribution in [0.5, 0.6) is 0 Å². The molecular formula is C12H13FN2O5S. The lowest BCUT2D eigenvalue weighted by atomic mass is 10.1. The number of rotatable bonds is 4. The van der Waals surface area contributed by atoms with Crippen LogP contribution < -0.4 is 5.32 Å². The van der Waals surface area contributed by atoms with E-state index in [0.717, 1.165) is 6.07 Å². The third kappa shape index (κ3) is 3.54. The van der Waals surface area contributed by atoms with Crippen molar-refractivity contribution in [3.8, 4) is 0 Å². The van der Waals surface area contributed by atoms with Crippen LogP contribution in [0.2, 0.25) is 0 Å². The molecule has 1 fully saturated rings. The van der Waals surface area contributed by atoms with Crippen LogP contribution in [0, 0.1) is 15.9 Å². The number of aromatic carboxylic acids is 1. The standard InChI is InChI=1S/C12H13FN2O5S/c13-9-6-11(15(18)19)8(12(16)17)5-10(9)14-7-1-3-21(20)4-2-7/h5-7,14H,1-4H2,(H,16,17). The summed E-state index contributed by atoms with van der Waals surface area (Å²) in [5.74, 6) is -1.37. The zero-order valence-electron chi connectivity index (χ0n) is 10.9. The molecule has 2 rings (SSSR count). The second kappa shape index (κ2) is 6.17. The molecule has 0 aliphatic carbocycles. The Kier molecular flexibility index (Phi) is 4.51. The fourth-order valence-corrected chi connectivity index (χ4v) is 3.45. The minimum Gasteiger partial charge on any atom is -0.477 e. The Morgan fingerprint density at radius 3 is 2.57 bits per heavy atom. The number of nitro groups is 1. The number of halogens is 1. The lowest BCUT2D eigenvalue weighted by Gasteiger charge is -2.23. The molecule has 1 heterocycles. The molecule has 1 aliphatic rings. The Morgan fingerprint density at radius 2 is 2.05 bits per heavy atom. The quantitative estimate of drug-likeness (QED) is 0.647. The number of hydrogen-bond acceptors (Lipinski definition) is 5. The Balaban J connectivity index is 2.27. The molecular weight excluding hydrogens is 303 g/mol. The molecule has 2 N–H and O–H groups in total. The maximum atomic E-state index is 13.9. The summed E-state index contributed by atoms with van der Waals surface area (Å²) in [4.78, 5) is 20.8. The van der Waals surface area contributed by atoms with Gasteiger partial charge < -0.3 is 10.4 Å². The molecule has 0 unspecified atom stereocenters. The lowest BCUT2D eigenvalue weighted by Crippen LogP contribution is -2.29. The van der Waals surface area contributed by atoms with Crippen LogP contribution in [0.3, 0.4) is 0 Å². The predicted octanol–water partition coefficient (Wildman–Crippen LogP) is 1.76. The first-order valence-corrected chi connectivity index (χ1v) is 7.70. The van der Waals surface area contributed by atoms with E-state index < -0.39 is 38.8 Å². The van der Waals surface area contributed by atoms with Gasteiger partial charge in [-0.2, -0.15) is 0 Å². The molecule has 0 radical (unpaired) electrons. The highest BCUT2D eigenvalue weighted by Crippen LogP contribution is 2.27. The van der Waals surface area contributed by atoms with Gasteiger partial charge in [-0.1, -0.05) is 0 Å². The lowest BCUT2D eigenvalue weighted by molar-refractivity contribution is -0.385. The summed E-state index contributed by atoms with van der Waals surface area (Å²) in [6.45, 7) is 0. The second-order valence-electron chi connectivity index (χ2n) is 4.68. The Labute approximate surface area is 121 Å². The largest absolute Gasteiger partial charge is 0.477 e. The van der Waals surface area contributed by atoms with Gasteiger partial charge in [-0.15, -0.1) is 0 Å². The van der Waals surface area contributed by atoms with Crippen molar-refractivity contribution in [3.05, 3.63) is 33.6 Å². The van der Waals surface area contributed by atoms with Crippen molar-refractivity contribution < 1.29 is 23.4 Å². The number of nitrogens with zero attached hydrogens (tertiary/aromatic N) is 1. The molecule has 114 valence electrons. The molecule has 1 aliphatic heterocycles. The number of carboxylic acids is 1. The van der Waals surface area contributed by atoms with Gasteiger partial charge in [-0.3, -0.25) is 14.3 Å². The Morgan fingerprint density at radius 1 is 1.43 bits per heavy atom. The van der Waals surface area contributed by atoms with Crippen molar-refractivity contribution in [2.75, 3.05) is 16.8 Å². The fourth-order valence-electron chi connectivity index (χ4n) is 2.15. The predicted molar refractivity (Wildman–Crippen MR) is 74.5 cm³/mol.